The number of hydrogen-bond acceptors (Lipinski definition) is 3. The minimum absolute atomic E-state index is 0.0646. The number of amides is 1. The first-order valence-corrected chi connectivity index (χ1v) is 6.58. The van der Waals surface area contributed by atoms with Crippen molar-refractivity contribution in [3.8, 4) is 0 Å². The number of fused-ring (bicyclic) bond motifs is 1. The summed E-state index contributed by atoms with van der Waals surface area (Å²) in [5.74, 6) is 0.878. The molecule has 1 heterocycles. The third-order valence-electron chi connectivity index (χ3n) is 3.36. The molecule has 1 amide bonds. The van der Waals surface area contributed by atoms with Crippen molar-refractivity contribution in [2.45, 2.75) is 19.9 Å². The predicted molar refractivity (Wildman–Crippen MR) is 75.9 cm³/mol. The van der Waals surface area contributed by atoms with Crippen LogP contribution in [0.25, 0.3) is 11.0 Å². The maximum absolute atomic E-state index is 12.0. The molecule has 0 bridgehead atoms. The lowest BCUT2D eigenvalue weighted by Crippen LogP contribution is -2.36. The number of carbonyl (C=O) groups excluding carboxylic acids is 1. The van der Waals surface area contributed by atoms with E-state index >= 15 is 0 Å². The summed E-state index contributed by atoms with van der Waals surface area (Å²) in [5, 5.41) is 4.11. The lowest BCUT2D eigenvalue weighted by atomic mass is 10.2. The number of rotatable bonds is 5. The molecule has 0 saturated heterocycles. The third-order valence-corrected chi connectivity index (χ3v) is 3.36. The van der Waals surface area contributed by atoms with Crippen LogP contribution in [0.1, 0.15) is 25.6 Å². The fourth-order valence-corrected chi connectivity index (χ4v) is 1.97. The molecule has 1 atom stereocenters. The SMILES string of the molecule is CCNCC(=O)N(C)C(C)c1cc2ccccc2o1. The van der Waals surface area contributed by atoms with Crippen LogP contribution >= 0.6 is 0 Å². The second-order valence-corrected chi connectivity index (χ2v) is 4.65. The third kappa shape index (κ3) is 2.96. The molecule has 19 heavy (non-hydrogen) atoms. The lowest BCUT2D eigenvalue weighted by molar-refractivity contribution is -0.131. The second-order valence-electron chi connectivity index (χ2n) is 4.65. The summed E-state index contributed by atoms with van der Waals surface area (Å²) in [7, 11) is 1.80. The van der Waals surface area contributed by atoms with E-state index in [1.807, 2.05) is 44.2 Å². The van der Waals surface area contributed by atoms with E-state index in [-0.39, 0.29) is 11.9 Å². The Morgan fingerprint density at radius 1 is 1.42 bits per heavy atom. The second kappa shape index (κ2) is 5.89. The number of likely N-dealkylation sites (N-methyl/N-ethyl adjacent to an activating group) is 2. The highest BCUT2D eigenvalue weighted by atomic mass is 16.3. The number of nitrogens with one attached hydrogen (secondary N) is 1. The van der Waals surface area contributed by atoms with Crippen LogP contribution in [0.15, 0.2) is 34.7 Å². The molecule has 0 aliphatic rings. The topological polar surface area (TPSA) is 45.5 Å². The number of benzene rings is 1. The maximum Gasteiger partial charge on any atom is 0.236 e. The van der Waals surface area contributed by atoms with Crippen LogP contribution in [0.3, 0.4) is 0 Å². The van der Waals surface area contributed by atoms with Gasteiger partial charge in [0.1, 0.15) is 11.3 Å². The highest BCUT2D eigenvalue weighted by Gasteiger charge is 2.20. The first-order valence-electron chi connectivity index (χ1n) is 6.58. The van der Waals surface area contributed by atoms with Crippen LogP contribution in [-0.2, 0) is 4.79 Å². The largest absolute Gasteiger partial charge is 0.459 e. The van der Waals surface area contributed by atoms with Gasteiger partial charge in [-0.3, -0.25) is 4.79 Å². The molecule has 1 aromatic heterocycles. The van der Waals surface area contributed by atoms with E-state index < -0.39 is 0 Å². The Balaban J connectivity index is 2.14. The summed E-state index contributed by atoms with van der Waals surface area (Å²) in [6.45, 7) is 5.10. The Hall–Kier alpha value is -1.81. The van der Waals surface area contributed by atoms with E-state index in [4.69, 9.17) is 4.42 Å². The summed E-state index contributed by atoms with van der Waals surface area (Å²) < 4.78 is 5.79. The smallest absolute Gasteiger partial charge is 0.236 e. The Morgan fingerprint density at radius 2 is 2.16 bits per heavy atom. The van der Waals surface area contributed by atoms with Crippen molar-refractivity contribution in [1.82, 2.24) is 10.2 Å². The zero-order valence-electron chi connectivity index (χ0n) is 11.6. The summed E-state index contributed by atoms with van der Waals surface area (Å²) in [6, 6.07) is 9.80. The van der Waals surface area contributed by atoms with Crippen LogP contribution in [0, 0.1) is 0 Å². The van der Waals surface area contributed by atoms with Gasteiger partial charge in [-0.05, 0) is 25.6 Å². The molecular weight excluding hydrogens is 240 g/mol. The molecule has 0 spiro atoms. The van der Waals surface area contributed by atoms with Crippen molar-refractivity contribution in [2.75, 3.05) is 20.1 Å². The number of carbonyl (C=O) groups is 1. The van der Waals surface area contributed by atoms with Crippen LogP contribution in [0.5, 0.6) is 0 Å². The Morgan fingerprint density at radius 3 is 2.84 bits per heavy atom. The number of nitrogens with zero attached hydrogens (tertiary/aromatic N) is 1. The number of para-hydroxylation sites is 1. The molecule has 0 aliphatic heterocycles. The van der Waals surface area contributed by atoms with E-state index in [0.717, 1.165) is 23.3 Å². The van der Waals surface area contributed by atoms with Crippen molar-refractivity contribution in [3.05, 3.63) is 36.1 Å². The summed E-state index contributed by atoms with van der Waals surface area (Å²) in [4.78, 5) is 13.7. The molecule has 4 heteroatoms. The average molecular weight is 260 g/mol. The van der Waals surface area contributed by atoms with E-state index in [0.29, 0.717) is 6.54 Å². The minimum Gasteiger partial charge on any atom is -0.459 e. The van der Waals surface area contributed by atoms with Crippen molar-refractivity contribution in [1.29, 1.82) is 0 Å². The van der Waals surface area contributed by atoms with E-state index in [2.05, 4.69) is 5.32 Å². The van der Waals surface area contributed by atoms with Crippen LogP contribution in [0.2, 0.25) is 0 Å². The Bertz CT molecular complexity index is 529. The molecule has 0 aliphatic carbocycles. The van der Waals surface area contributed by atoms with Gasteiger partial charge < -0.3 is 14.6 Å². The summed E-state index contributed by atoms with van der Waals surface area (Å²) >= 11 is 0. The van der Waals surface area contributed by atoms with Crippen molar-refractivity contribution in [3.63, 3.8) is 0 Å². The van der Waals surface area contributed by atoms with E-state index in [1.54, 1.807) is 11.9 Å². The number of furan rings is 1. The van der Waals surface area contributed by atoms with Gasteiger partial charge in [0.25, 0.3) is 0 Å². The van der Waals surface area contributed by atoms with Gasteiger partial charge in [-0.15, -0.1) is 0 Å². The van der Waals surface area contributed by atoms with Crippen LogP contribution < -0.4 is 5.32 Å². The quantitative estimate of drug-likeness (QED) is 0.898. The van der Waals surface area contributed by atoms with Crippen molar-refractivity contribution < 1.29 is 9.21 Å². The monoisotopic (exact) mass is 260 g/mol. The fraction of sp³-hybridized carbons (Fsp3) is 0.400. The normalized spacial score (nSPS) is 12.6. The molecule has 4 nitrogen and oxygen atoms in total. The minimum atomic E-state index is -0.0708. The van der Waals surface area contributed by atoms with E-state index in [9.17, 15) is 4.79 Å². The van der Waals surface area contributed by atoms with Gasteiger partial charge in [-0.2, -0.15) is 0 Å². The summed E-state index contributed by atoms with van der Waals surface area (Å²) in [6.07, 6.45) is 0. The fourth-order valence-electron chi connectivity index (χ4n) is 1.97. The summed E-state index contributed by atoms with van der Waals surface area (Å²) in [5.41, 5.74) is 0.858. The Labute approximate surface area is 113 Å². The molecule has 0 fully saturated rings. The van der Waals surface area contributed by atoms with Gasteiger partial charge >= 0.3 is 0 Å². The average Bonchev–Trinajstić information content (AvgIpc) is 2.86. The first-order chi connectivity index (χ1) is 9.13. The maximum atomic E-state index is 12.0. The van der Waals surface area contributed by atoms with Crippen LogP contribution in [-0.4, -0.2) is 30.9 Å². The molecule has 1 aromatic carbocycles. The van der Waals surface area contributed by atoms with Gasteiger partial charge in [0.05, 0.1) is 12.6 Å². The number of hydrogen-bond donors (Lipinski definition) is 1. The first kappa shape index (κ1) is 13.6. The van der Waals surface area contributed by atoms with Gasteiger partial charge in [-0.25, -0.2) is 0 Å². The molecule has 2 aromatic rings. The van der Waals surface area contributed by atoms with Gasteiger partial charge in [0, 0.05) is 12.4 Å². The van der Waals surface area contributed by atoms with Gasteiger partial charge in [0.15, 0.2) is 0 Å². The molecule has 0 saturated carbocycles. The molecular formula is C15H20N2O2. The molecule has 2 rings (SSSR count). The predicted octanol–water partition coefficient (Wildman–Crippen LogP) is 2.56. The molecule has 1 unspecified atom stereocenters. The van der Waals surface area contributed by atoms with Gasteiger partial charge in [0.2, 0.25) is 5.91 Å². The molecule has 102 valence electrons. The van der Waals surface area contributed by atoms with Crippen LogP contribution in [0.4, 0.5) is 0 Å². The zero-order chi connectivity index (χ0) is 13.8. The highest BCUT2D eigenvalue weighted by molar-refractivity contribution is 5.80. The zero-order valence-corrected chi connectivity index (χ0v) is 11.6. The van der Waals surface area contributed by atoms with Crippen molar-refractivity contribution in [2.24, 2.45) is 0 Å². The van der Waals surface area contributed by atoms with Gasteiger partial charge in [-0.1, -0.05) is 25.1 Å². The Kier molecular flexibility index (Phi) is 4.22. The van der Waals surface area contributed by atoms with E-state index in [1.165, 1.54) is 0 Å². The molecule has 0 radical (unpaired) electrons. The molecule has 1 N–H and O–H groups in total. The lowest BCUT2D eigenvalue weighted by Gasteiger charge is -2.23. The van der Waals surface area contributed by atoms with Crippen molar-refractivity contribution >= 4 is 16.9 Å². The highest BCUT2D eigenvalue weighted by Crippen LogP contribution is 2.26. The standard InChI is InChI=1S/C15H20N2O2/c1-4-16-10-15(18)17(3)11(2)14-9-12-7-5-6-8-13(12)19-14/h5-9,11,16H,4,10H2,1-3H3.